The van der Waals surface area contributed by atoms with Crippen molar-refractivity contribution in [1.82, 2.24) is 5.32 Å². The molecule has 146 valence electrons. The number of carbonyl (C=O) groups excluding carboxylic acids is 1. The third-order valence-corrected chi connectivity index (χ3v) is 8.89. The molecule has 4 aliphatic carbocycles. The van der Waals surface area contributed by atoms with E-state index in [1.54, 1.807) is 7.11 Å². The Morgan fingerprint density at radius 2 is 2.00 bits per heavy atom. The number of methoxy groups -OCH3 is 1. The monoisotopic (exact) mass is 361 g/mol. The minimum Gasteiger partial charge on any atom is -0.359 e. The summed E-state index contributed by atoms with van der Waals surface area (Å²) in [7, 11) is 1.73. The van der Waals surface area contributed by atoms with Gasteiger partial charge in [-0.15, -0.1) is 0 Å². The summed E-state index contributed by atoms with van der Waals surface area (Å²) in [6, 6.07) is 1.18. The normalized spacial score (nSPS) is 52.9. The van der Waals surface area contributed by atoms with E-state index in [-0.39, 0.29) is 5.60 Å². The number of piperidine rings is 1. The van der Waals surface area contributed by atoms with Gasteiger partial charge in [0.1, 0.15) is 12.6 Å². The van der Waals surface area contributed by atoms with Crippen LogP contribution in [0, 0.1) is 35.5 Å². The molecule has 0 aromatic rings. The summed E-state index contributed by atoms with van der Waals surface area (Å²) in [6.45, 7) is 2.69. The molecule has 0 aromatic heterocycles. The quantitative estimate of drug-likeness (QED) is 0.781. The summed E-state index contributed by atoms with van der Waals surface area (Å²) < 4.78 is 12.0. The lowest BCUT2D eigenvalue weighted by molar-refractivity contribution is -0.199. The second-order valence-electron chi connectivity index (χ2n) is 9.97. The predicted molar refractivity (Wildman–Crippen MR) is 99.6 cm³/mol. The fourth-order valence-electron chi connectivity index (χ4n) is 8.14. The van der Waals surface area contributed by atoms with Crippen molar-refractivity contribution >= 4 is 5.78 Å². The highest BCUT2D eigenvalue weighted by atomic mass is 16.7. The first-order valence-corrected chi connectivity index (χ1v) is 11.1. The Balaban J connectivity index is 1.52. The number of fused-ring (bicyclic) bond motifs is 9. The Morgan fingerprint density at radius 3 is 2.85 bits per heavy atom. The number of ether oxygens (including phenoxy) is 2. The van der Waals surface area contributed by atoms with Gasteiger partial charge in [0.2, 0.25) is 0 Å². The molecule has 0 aromatic carbocycles. The highest BCUT2D eigenvalue weighted by Gasteiger charge is 2.67. The molecule has 1 aliphatic heterocycles. The number of rotatable bonds is 3. The molecule has 5 aliphatic rings. The van der Waals surface area contributed by atoms with Crippen LogP contribution in [0.4, 0.5) is 0 Å². The molecule has 26 heavy (non-hydrogen) atoms. The van der Waals surface area contributed by atoms with Crippen molar-refractivity contribution in [3.05, 3.63) is 0 Å². The van der Waals surface area contributed by atoms with E-state index in [4.69, 9.17) is 9.47 Å². The van der Waals surface area contributed by atoms with Gasteiger partial charge in [-0.2, -0.15) is 0 Å². The van der Waals surface area contributed by atoms with Gasteiger partial charge in [0.25, 0.3) is 0 Å². The Labute approximate surface area is 157 Å². The van der Waals surface area contributed by atoms with Gasteiger partial charge in [0, 0.05) is 37.5 Å². The van der Waals surface area contributed by atoms with E-state index >= 15 is 0 Å². The standard InChI is InChI=1S/C22H35NO3/c1-13-7-8-17-19(23-13)9-14-11-22(17,26-12-25-2)18-10-20(24)15-5-3-4-6-16(15)21(14)18/h13-19,21,23H,3-12H2,1-2H3/t13-,14?,15+,16+,17+,18+,19+,21-,22+/m1/s1. The fourth-order valence-corrected chi connectivity index (χ4v) is 8.14. The van der Waals surface area contributed by atoms with E-state index in [1.807, 2.05) is 0 Å². The van der Waals surface area contributed by atoms with Crippen LogP contribution in [0.25, 0.3) is 0 Å². The van der Waals surface area contributed by atoms with Gasteiger partial charge in [-0.3, -0.25) is 4.79 Å². The third-order valence-electron chi connectivity index (χ3n) is 8.89. The minimum atomic E-state index is -0.126. The van der Waals surface area contributed by atoms with Gasteiger partial charge < -0.3 is 14.8 Å². The second-order valence-corrected chi connectivity index (χ2v) is 9.97. The molecule has 0 spiro atoms. The molecule has 5 rings (SSSR count). The Morgan fingerprint density at radius 1 is 1.15 bits per heavy atom. The van der Waals surface area contributed by atoms with Crippen molar-refractivity contribution in [3.8, 4) is 0 Å². The van der Waals surface area contributed by atoms with Gasteiger partial charge in [-0.05, 0) is 69.1 Å². The average Bonchev–Trinajstić information content (AvgIpc) is 2.90. The first kappa shape index (κ1) is 17.6. The van der Waals surface area contributed by atoms with Crippen LogP contribution in [-0.4, -0.2) is 37.4 Å². The molecule has 1 heterocycles. The first-order valence-electron chi connectivity index (χ1n) is 11.1. The number of hydrogen-bond acceptors (Lipinski definition) is 4. The average molecular weight is 362 g/mol. The van der Waals surface area contributed by atoms with Crippen molar-refractivity contribution < 1.29 is 14.3 Å². The molecule has 5 fully saturated rings. The van der Waals surface area contributed by atoms with Crippen molar-refractivity contribution in [2.24, 2.45) is 35.5 Å². The molecule has 9 atom stereocenters. The molecule has 1 saturated heterocycles. The molecule has 1 N–H and O–H groups in total. The zero-order valence-electron chi connectivity index (χ0n) is 16.4. The molecule has 2 bridgehead atoms. The van der Waals surface area contributed by atoms with E-state index in [2.05, 4.69) is 12.2 Å². The minimum absolute atomic E-state index is 0.126. The number of nitrogens with one attached hydrogen (secondary N) is 1. The molecule has 4 heteroatoms. The van der Waals surface area contributed by atoms with Crippen LogP contribution in [0.15, 0.2) is 0 Å². The maximum absolute atomic E-state index is 13.1. The zero-order chi connectivity index (χ0) is 17.9. The van der Waals surface area contributed by atoms with Gasteiger partial charge in [-0.1, -0.05) is 12.8 Å². The van der Waals surface area contributed by atoms with Crippen LogP contribution >= 0.6 is 0 Å². The molecular weight excluding hydrogens is 326 g/mol. The van der Waals surface area contributed by atoms with Gasteiger partial charge in [-0.25, -0.2) is 0 Å². The van der Waals surface area contributed by atoms with Crippen molar-refractivity contribution in [2.75, 3.05) is 13.9 Å². The van der Waals surface area contributed by atoms with Crippen molar-refractivity contribution in [3.63, 3.8) is 0 Å². The lowest BCUT2D eigenvalue weighted by Gasteiger charge is -2.52. The lowest BCUT2D eigenvalue weighted by atomic mass is 9.58. The number of Topliss-reactive ketones (excluding diaryl/α,β-unsaturated/α-hetero) is 1. The highest BCUT2D eigenvalue weighted by molar-refractivity contribution is 5.83. The van der Waals surface area contributed by atoms with E-state index in [1.165, 1.54) is 44.9 Å². The molecule has 4 nitrogen and oxygen atoms in total. The van der Waals surface area contributed by atoms with Crippen molar-refractivity contribution in [1.29, 1.82) is 0 Å². The molecule has 0 amide bonds. The smallest absolute Gasteiger partial charge is 0.147 e. The van der Waals surface area contributed by atoms with Gasteiger partial charge in [0.15, 0.2) is 0 Å². The Kier molecular flexibility index (Phi) is 4.45. The van der Waals surface area contributed by atoms with Crippen LogP contribution < -0.4 is 5.32 Å². The number of carbonyl (C=O) groups is 1. The lowest BCUT2D eigenvalue weighted by Crippen LogP contribution is -2.60. The molecule has 1 unspecified atom stereocenters. The summed E-state index contributed by atoms with van der Waals surface area (Å²) >= 11 is 0. The SMILES string of the molecule is COCO[C@@]12CC(C[C@@H]3N[C@H](C)CC[C@@H]31)[C@@H]1[C@H]3CCCC[C@@H]3C(=O)C[C@@H]12. The molecule has 4 saturated carbocycles. The maximum atomic E-state index is 13.1. The fraction of sp³-hybridized carbons (Fsp3) is 0.955. The van der Waals surface area contributed by atoms with Crippen LogP contribution in [0.5, 0.6) is 0 Å². The number of ketones is 1. The Bertz CT molecular complexity index is 566. The highest BCUT2D eigenvalue weighted by Crippen LogP contribution is 2.65. The first-order chi connectivity index (χ1) is 12.6. The van der Waals surface area contributed by atoms with Gasteiger partial charge >= 0.3 is 0 Å². The van der Waals surface area contributed by atoms with Crippen LogP contribution in [0.2, 0.25) is 0 Å². The summed E-state index contributed by atoms with van der Waals surface area (Å²) in [5.74, 6) is 3.96. The molecular formula is C22H35NO3. The second kappa shape index (κ2) is 6.56. The summed E-state index contributed by atoms with van der Waals surface area (Å²) in [5, 5.41) is 3.91. The molecule has 0 radical (unpaired) electrons. The zero-order valence-corrected chi connectivity index (χ0v) is 16.4. The topological polar surface area (TPSA) is 47.6 Å². The van der Waals surface area contributed by atoms with E-state index in [0.29, 0.717) is 54.2 Å². The third kappa shape index (κ3) is 2.48. The summed E-state index contributed by atoms with van der Waals surface area (Å²) in [6.07, 6.45) is 10.7. The largest absolute Gasteiger partial charge is 0.359 e. The van der Waals surface area contributed by atoms with E-state index in [9.17, 15) is 4.79 Å². The van der Waals surface area contributed by atoms with Crippen LogP contribution in [0.1, 0.15) is 64.7 Å². The van der Waals surface area contributed by atoms with Crippen LogP contribution in [0.3, 0.4) is 0 Å². The predicted octanol–water partition coefficient (Wildman–Crippen LogP) is 3.54. The van der Waals surface area contributed by atoms with Gasteiger partial charge in [0.05, 0.1) is 5.60 Å². The van der Waals surface area contributed by atoms with Crippen molar-refractivity contribution in [2.45, 2.75) is 82.4 Å². The summed E-state index contributed by atoms with van der Waals surface area (Å²) in [5.41, 5.74) is -0.126. The Hall–Kier alpha value is -0.450. The van der Waals surface area contributed by atoms with E-state index < -0.39 is 0 Å². The van der Waals surface area contributed by atoms with E-state index in [0.717, 1.165) is 18.8 Å². The number of hydrogen-bond donors (Lipinski definition) is 1. The summed E-state index contributed by atoms with van der Waals surface area (Å²) in [4.78, 5) is 13.1. The van der Waals surface area contributed by atoms with Crippen LogP contribution in [-0.2, 0) is 14.3 Å². The maximum Gasteiger partial charge on any atom is 0.147 e.